The van der Waals surface area contributed by atoms with Gasteiger partial charge >= 0.3 is 11.9 Å². The lowest BCUT2D eigenvalue weighted by Crippen LogP contribution is -2.11. The lowest BCUT2D eigenvalue weighted by Gasteiger charge is -2.06. The van der Waals surface area contributed by atoms with Gasteiger partial charge in [-0.2, -0.15) is 5.26 Å². The molecule has 0 aliphatic carbocycles. The molecule has 9 nitrogen and oxygen atoms in total. The first-order chi connectivity index (χ1) is 14.4. The molecule has 3 N–H and O–H groups in total. The number of hydrogen-bond donors (Lipinski definition) is 3. The smallest absolute Gasteiger partial charge is 0.355 e. The fourth-order valence-corrected chi connectivity index (χ4v) is 3.07. The van der Waals surface area contributed by atoms with Crippen LogP contribution < -0.4 is 0 Å². The second-order valence-corrected chi connectivity index (χ2v) is 6.46. The fraction of sp³-hybridized carbons (Fsp3) is 0.238. The van der Waals surface area contributed by atoms with Crippen molar-refractivity contribution in [1.29, 1.82) is 5.26 Å². The molecule has 154 valence electrons. The molecule has 0 aliphatic rings. The number of aromatic nitrogens is 3. The van der Waals surface area contributed by atoms with Crippen LogP contribution in [0.1, 0.15) is 44.9 Å². The quantitative estimate of drug-likeness (QED) is 0.323. The largest absolute Gasteiger partial charge is 0.507 e. The van der Waals surface area contributed by atoms with Gasteiger partial charge in [-0.15, -0.1) is 0 Å². The summed E-state index contributed by atoms with van der Waals surface area (Å²) in [6.07, 6.45) is 0. The number of rotatable bonds is 6. The van der Waals surface area contributed by atoms with Crippen LogP contribution in [-0.2, 0) is 9.47 Å². The maximum Gasteiger partial charge on any atom is 0.355 e. The van der Waals surface area contributed by atoms with Crippen LogP contribution in [-0.4, -0.2) is 45.2 Å². The Balaban J connectivity index is 1.80. The van der Waals surface area contributed by atoms with E-state index >= 15 is 0 Å². The number of hydrogen-bond acceptors (Lipinski definition) is 7. The Labute approximate surface area is 172 Å². The molecule has 0 saturated heterocycles. The van der Waals surface area contributed by atoms with Crippen LogP contribution in [0, 0.1) is 25.2 Å². The van der Waals surface area contributed by atoms with Gasteiger partial charge in [-0.3, -0.25) is 0 Å². The number of aliphatic hydroxyl groups excluding tert-OH is 1. The zero-order chi connectivity index (χ0) is 21.8. The molecule has 30 heavy (non-hydrogen) atoms. The van der Waals surface area contributed by atoms with E-state index < -0.39 is 24.3 Å². The molecule has 2 heterocycles. The van der Waals surface area contributed by atoms with Crippen molar-refractivity contribution in [3.8, 4) is 6.07 Å². The minimum atomic E-state index is -0.778. The maximum atomic E-state index is 12.5. The molecule has 3 aromatic rings. The molecule has 9 heteroatoms. The lowest BCUT2D eigenvalue weighted by atomic mass is 10.1. The first-order valence-electron chi connectivity index (χ1n) is 9.18. The Hall–Kier alpha value is -4.06. The summed E-state index contributed by atoms with van der Waals surface area (Å²) in [6.45, 7) is 4.60. The zero-order valence-electron chi connectivity index (χ0n) is 16.7. The number of fused-ring (bicyclic) bond motifs is 1. The number of para-hydroxylation sites is 2. The van der Waals surface area contributed by atoms with Gasteiger partial charge in [0.1, 0.15) is 23.9 Å². The van der Waals surface area contributed by atoms with Crippen molar-refractivity contribution in [3.05, 3.63) is 58.4 Å². The Bertz CT molecular complexity index is 1160. The topological polar surface area (TPSA) is 141 Å². The highest BCUT2D eigenvalue weighted by Crippen LogP contribution is 2.21. The van der Waals surface area contributed by atoms with Crippen LogP contribution in [0.15, 0.2) is 30.0 Å². The highest BCUT2D eigenvalue weighted by Gasteiger charge is 2.24. The van der Waals surface area contributed by atoms with E-state index in [-0.39, 0.29) is 29.3 Å². The summed E-state index contributed by atoms with van der Waals surface area (Å²) in [5.74, 6) is -1.60. The van der Waals surface area contributed by atoms with Crippen molar-refractivity contribution >= 4 is 28.5 Å². The van der Waals surface area contributed by atoms with Gasteiger partial charge in [-0.1, -0.05) is 12.1 Å². The number of nitrogens with zero attached hydrogens (tertiary/aromatic N) is 2. The Kier molecular flexibility index (Phi) is 5.88. The number of aryl methyl sites for hydroxylation is 1. The van der Waals surface area contributed by atoms with E-state index in [1.54, 1.807) is 39.0 Å². The van der Waals surface area contributed by atoms with Gasteiger partial charge in [0, 0.05) is 5.69 Å². The number of allylic oxidation sites excluding steroid dienone is 1. The van der Waals surface area contributed by atoms with Gasteiger partial charge in [-0.05, 0) is 38.5 Å². The summed E-state index contributed by atoms with van der Waals surface area (Å²) in [7, 11) is 0. The van der Waals surface area contributed by atoms with E-state index in [2.05, 4.69) is 15.0 Å². The number of carbonyl (C=O) groups is 2. The third-order valence-electron chi connectivity index (χ3n) is 4.49. The summed E-state index contributed by atoms with van der Waals surface area (Å²) in [5, 5.41) is 19.7. The van der Waals surface area contributed by atoms with Crippen molar-refractivity contribution in [2.24, 2.45) is 0 Å². The molecule has 0 atom stereocenters. The zero-order valence-corrected chi connectivity index (χ0v) is 16.7. The molecule has 0 radical (unpaired) electrons. The second-order valence-electron chi connectivity index (χ2n) is 6.46. The maximum absolute atomic E-state index is 12.5. The average Bonchev–Trinajstić information content (AvgIpc) is 3.27. The molecular formula is C21H20N4O5. The number of imidazole rings is 1. The Morgan fingerprint density at radius 1 is 1.17 bits per heavy atom. The molecule has 2 aromatic heterocycles. The molecule has 0 fully saturated rings. The van der Waals surface area contributed by atoms with Gasteiger partial charge in [0.25, 0.3) is 0 Å². The van der Waals surface area contributed by atoms with E-state index in [4.69, 9.17) is 9.47 Å². The van der Waals surface area contributed by atoms with Crippen molar-refractivity contribution in [2.45, 2.75) is 20.8 Å². The number of esters is 2. The first kappa shape index (κ1) is 20.7. The summed E-state index contributed by atoms with van der Waals surface area (Å²) in [5.41, 5.74) is 2.40. The van der Waals surface area contributed by atoms with Gasteiger partial charge in [-0.25, -0.2) is 14.6 Å². The number of aliphatic hydroxyl groups is 1. The molecule has 0 amide bonds. The lowest BCUT2D eigenvalue weighted by molar-refractivity contribution is 0.0495. The van der Waals surface area contributed by atoms with Crippen molar-refractivity contribution in [2.75, 3.05) is 13.2 Å². The number of aromatic amines is 2. The molecular weight excluding hydrogens is 388 g/mol. The Morgan fingerprint density at radius 3 is 2.57 bits per heavy atom. The fourth-order valence-electron chi connectivity index (χ4n) is 3.07. The normalized spacial score (nSPS) is 11.7. The van der Waals surface area contributed by atoms with E-state index in [0.717, 1.165) is 0 Å². The van der Waals surface area contributed by atoms with Crippen LogP contribution in [0.5, 0.6) is 0 Å². The predicted molar refractivity (Wildman–Crippen MR) is 108 cm³/mol. The highest BCUT2D eigenvalue weighted by atomic mass is 16.5. The predicted octanol–water partition coefficient (Wildman–Crippen LogP) is 3.33. The second kappa shape index (κ2) is 8.53. The van der Waals surface area contributed by atoms with Gasteiger partial charge < -0.3 is 24.5 Å². The molecule has 0 bridgehead atoms. The van der Waals surface area contributed by atoms with E-state index in [9.17, 15) is 20.0 Å². The van der Waals surface area contributed by atoms with Crippen molar-refractivity contribution < 1.29 is 24.2 Å². The SMILES string of the molecule is CCOC(=O)c1c(C)[nH]c(C(=O)OC/C(O)=C(\C#N)c2nc3ccccc3[nH]2)c1C. The number of nitriles is 1. The van der Waals surface area contributed by atoms with E-state index in [1.165, 1.54) is 0 Å². The van der Waals surface area contributed by atoms with E-state index in [1.807, 2.05) is 12.1 Å². The number of nitrogens with one attached hydrogen (secondary N) is 2. The minimum Gasteiger partial charge on any atom is -0.507 e. The van der Waals surface area contributed by atoms with Crippen LogP contribution in [0.2, 0.25) is 0 Å². The number of ether oxygens (including phenoxy) is 2. The van der Waals surface area contributed by atoms with E-state index in [0.29, 0.717) is 22.3 Å². The molecule has 0 unspecified atom stereocenters. The van der Waals surface area contributed by atoms with Gasteiger partial charge in [0.05, 0.1) is 23.2 Å². The number of H-pyrrole nitrogens is 2. The van der Waals surface area contributed by atoms with Crippen molar-refractivity contribution in [1.82, 2.24) is 15.0 Å². The first-order valence-corrected chi connectivity index (χ1v) is 9.18. The summed E-state index contributed by atoms with van der Waals surface area (Å²) in [4.78, 5) is 34.5. The van der Waals surface area contributed by atoms with Crippen LogP contribution in [0.4, 0.5) is 0 Å². The monoisotopic (exact) mass is 408 g/mol. The van der Waals surface area contributed by atoms with Gasteiger partial charge in [0.15, 0.2) is 11.6 Å². The van der Waals surface area contributed by atoms with Gasteiger partial charge in [0.2, 0.25) is 0 Å². The van der Waals surface area contributed by atoms with Crippen LogP contribution >= 0.6 is 0 Å². The third kappa shape index (κ3) is 3.89. The standard InChI is InChI=1S/C21H20N4O5/c1-4-29-20(27)17-11(2)18(23-12(17)3)21(28)30-10-16(26)13(9-22)19-24-14-7-5-6-8-15(14)25-19/h5-8,23,26H,4,10H2,1-3H3,(H,24,25)/b16-13-. The summed E-state index contributed by atoms with van der Waals surface area (Å²) in [6, 6.07) is 9.04. The number of carbonyl (C=O) groups excluding carboxylic acids is 2. The minimum absolute atomic E-state index is 0.0746. The third-order valence-corrected chi connectivity index (χ3v) is 4.49. The van der Waals surface area contributed by atoms with Crippen molar-refractivity contribution in [3.63, 3.8) is 0 Å². The summed E-state index contributed by atoms with van der Waals surface area (Å²) >= 11 is 0. The summed E-state index contributed by atoms with van der Waals surface area (Å²) < 4.78 is 10.1. The molecule has 0 spiro atoms. The average molecular weight is 408 g/mol. The highest BCUT2D eigenvalue weighted by molar-refractivity contribution is 5.98. The van der Waals surface area contributed by atoms with Crippen LogP contribution in [0.25, 0.3) is 16.6 Å². The molecule has 3 rings (SSSR count). The Morgan fingerprint density at radius 2 is 1.90 bits per heavy atom. The van der Waals surface area contributed by atoms with Crippen LogP contribution in [0.3, 0.4) is 0 Å². The molecule has 0 saturated carbocycles. The molecule has 1 aromatic carbocycles. The number of benzene rings is 1. The molecule has 0 aliphatic heterocycles.